The molecule has 0 saturated heterocycles. The summed E-state index contributed by atoms with van der Waals surface area (Å²) < 4.78 is 0. The van der Waals surface area contributed by atoms with E-state index in [4.69, 9.17) is 0 Å². The van der Waals surface area contributed by atoms with Crippen LogP contribution in [0.5, 0.6) is 0 Å². The molecule has 4 rings (SSSR count). The molecule has 0 amide bonds. The number of rotatable bonds is 0. The van der Waals surface area contributed by atoms with Crippen LogP contribution in [0.25, 0.3) is 0 Å². The summed E-state index contributed by atoms with van der Waals surface area (Å²) in [7, 11) is 0. The normalized spacial score (nSPS) is 7.88. The molecule has 25 heavy (non-hydrogen) atoms. The maximum absolute atomic E-state index is 3.03. The van der Waals surface area contributed by atoms with E-state index < -0.39 is 0 Å². The molecule has 0 aliphatic rings. The second-order valence-corrected chi connectivity index (χ2v) is 4.66. The van der Waals surface area contributed by atoms with Gasteiger partial charge in [0.2, 0.25) is 0 Å². The van der Waals surface area contributed by atoms with Crippen LogP contribution in [0.1, 0.15) is 5.56 Å². The summed E-state index contributed by atoms with van der Waals surface area (Å²) in [6.07, 6.45) is 0. The number of benzene rings is 3. The molecule has 0 atom stereocenters. The summed E-state index contributed by atoms with van der Waals surface area (Å²) in [5.41, 5.74) is 1.20. The largest absolute Gasteiger partial charge is 4.00 e. The third-order valence-corrected chi connectivity index (χ3v) is 2.63. The molecule has 0 aliphatic carbocycles. The molecule has 4 aromatic rings. The van der Waals surface area contributed by atoms with E-state index in [0.29, 0.717) is 0 Å². The van der Waals surface area contributed by atoms with Crippen molar-refractivity contribution < 1.29 is 26.2 Å². The summed E-state index contributed by atoms with van der Waals surface area (Å²) >= 11 is 0. The predicted molar refractivity (Wildman–Crippen MR) is 103 cm³/mol. The first-order valence-corrected chi connectivity index (χ1v) is 7.82. The first-order chi connectivity index (χ1) is 11.9. The molecule has 122 valence electrons. The van der Waals surface area contributed by atoms with Gasteiger partial charge in [0.05, 0.1) is 0 Å². The summed E-state index contributed by atoms with van der Waals surface area (Å²) in [6.45, 7) is 2.03. The van der Waals surface area contributed by atoms with E-state index in [9.17, 15) is 0 Å². The molecular weight excluding hydrogens is 379 g/mol. The Morgan fingerprint density at radius 2 is 1.08 bits per heavy atom. The fourth-order valence-electron chi connectivity index (χ4n) is 1.49. The predicted octanol–water partition coefficient (Wildman–Crippen LogP) is 6.17. The Labute approximate surface area is 171 Å². The third kappa shape index (κ3) is 16.5. The van der Waals surface area contributed by atoms with E-state index in [1.54, 1.807) is 0 Å². The Kier molecular flexibility index (Phi) is 16.7. The van der Waals surface area contributed by atoms with Gasteiger partial charge in [-0.2, -0.15) is 127 Å². The van der Waals surface area contributed by atoms with Crippen LogP contribution in [-0.2, 0) is 26.2 Å². The van der Waals surface area contributed by atoms with Crippen molar-refractivity contribution >= 4 is 0 Å². The van der Waals surface area contributed by atoms with Crippen molar-refractivity contribution in [2.75, 3.05) is 0 Å². The smallest absolute Gasteiger partial charge is 0.214 e. The zero-order valence-corrected chi connectivity index (χ0v) is 16.9. The maximum Gasteiger partial charge on any atom is 4.00 e. The molecule has 0 spiro atoms. The minimum Gasteiger partial charge on any atom is -0.214 e. The third-order valence-electron chi connectivity index (χ3n) is 2.63. The molecular formula is C24H22Zr. The SMILES string of the molecule is Cc1[c-]cccc1.[Zr+4].[c-]1ccccc1.[c-]1ccccc1.c1cc[cH-]c1. The van der Waals surface area contributed by atoms with E-state index in [-0.39, 0.29) is 26.2 Å². The standard InChI is InChI=1S/C7H7.2C6H5.C5H5.Zr/c1-7-5-3-2-4-6-7;2*1-2-4-6-5-3-1;1-2-4-5-3-1;/h2-5H,1H3;2*1-5H;1-5H;/q4*-1;+4. The molecule has 0 saturated carbocycles. The van der Waals surface area contributed by atoms with Crippen molar-refractivity contribution in [1.82, 2.24) is 0 Å². The molecule has 0 unspecified atom stereocenters. The zero-order chi connectivity index (χ0) is 17.1. The van der Waals surface area contributed by atoms with Gasteiger partial charge in [-0.05, 0) is 0 Å². The van der Waals surface area contributed by atoms with Gasteiger partial charge < -0.3 is 0 Å². The monoisotopic (exact) mass is 400 g/mol. The quantitative estimate of drug-likeness (QED) is 0.309. The van der Waals surface area contributed by atoms with Crippen LogP contribution < -0.4 is 0 Å². The Balaban J connectivity index is 0.000000305. The second-order valence-electron chi connectivity index (χ2n) is 4.66. The topological polar surface area (TPSA) is 0 Å². The molecule has 0 N–H and O–H groups in total. The van der Waals surface area contributed by atoms with Crippen molar-refractivity contribution in [3.63, 3.8) is 0 Å². The van der Waals surface area contributed by atoms with Crippen LogP contribution in [0.3, 0.4) is 0 Å². The van der Waals surface area contributed by atoms with Gasteiger partial charge in [0, 0.05) is 0 Å². The van der Waals surface area contributed by atoms with Gasteiger partial charge in [-0.1, -0.05) is 6.92 Å². The molecule has 0 heterocycles. The van der Waals surface area contributed by atoms with Gasteiger partial charge in [0.25, 0.3) is 0 Å². The van der Waals surface area contributed by atoms with E-state index in [1.165, 1.54) is 5.56 Å². The number of hydrogen-bond acceptors (Lipinski definition) is 0. The average Bonchev–Trinajstić information content (AvgIpc) is 3.26. The van der Waals surface area contributed by atoms with Gasteiger partial charge in [-0.3, -0.25) is 0 Å². The molecule has 0 radical (unpaired) electrons. The summed E-state index contributed by atoms with van der Waals surface area (Å²) in [5.74, 6) is 0. The molecule has 0 nitrogen and oxygen atoms in total. The van der Waals surface area contributed by atoms with Crippen molar-refractivity contribution in [1.29, 1.82) is 0 Å². The van der Waals surface area contributed by atoms with Crippen LogP contribution in [0, 0.1) is 25.1 Å². The Morgan fingerprint density at radius 3 is 1.24 bits per heavy atom. The van der Waals surface area contributed by atoms with Crippen LogP contribution in [0.4, 0.5) is 0 Å². The summed E-state index contributed by atoms with van der Waals surface area (Å²) in [4.78, 5) is 0. The molecule has 0 bridgehead atoms. The minimum atomic E-state index is 0. The summed E-state index contributed by atoms with van der Waals surface area (Å²) in [6, 6.07) is 45.9. The maximum atomic E-state index is 3.03. The first kappa shape index (κ1) is 22.9. The number of aryl methyl sites for hydroxylation is 1. The molecule has 0 aromatic heterocycles. The van der Waals surface area contributed by atoms with Crippen LogP contribution >= 0.6 is 0 Å². The van der Waals surface area contributed by atoms with Crippen LogP contribution in [0.15, 0.2) is 115 Å². The van der Waals surface area contributed by atoms with Crippen LogP contribution in [0.2, 0.25) is 0 Å². The zero-order valence-electron chi connectivity index (χ0n) is 14.5. The van der Waals surface area contributed by atoms with E-state index in [2.05, 4.69) is 18.2 Å². The van der Waals surface area contributed by atoms with Crippen molar-refractivity contribution in [2.45, 2.75) is 6.92 Å². The molecule has 1 heteroatoms. The van der Waals surface area contributed by atoms with Crippen molar-refractivity contribution in [3.05, 3.63) is 139 Å². The Morgan fingerprint density at radius 1 is 0.600 bits per heavy atom. The van der Waals surface area contributed by atoms with Gasteiger partial charge >= 0.3 is 26.2 Å². The van der Waals surface area contributed by atoms with Gasteiger partial charge in [0.15, 0.2) is 0 Å². The first-order valence-electron chi connectivity index (χ1n) is 7.82. The number of hydrogen-bond donors (Lipinski definition) is 0. The van der Waals surface area contributed by atoms with Crippen molar-refractivity contribution in [2.24, 2.45) is 0 Å². The Bertz CT molecular complexity index is 557. The molecule has 0 fully saturated rings. The molecule has 4 aromatic carbocycles. The second kappa shape index (κ2) is 18.2. The van der Waals surface area contributed by atoms with E-state index in [1.807, 2.05) is 122 Å². The summed E-state index contributed by atoms with van der Waals surface area (Å²) in [5, 5.41) is 0. The van der Waals surface area contributed by atoms with Gasteiger partial charge in [0.1, 0.15) is 0 Å². The fourth-order valence-corrected chi connectivity index (χ4v) is 1.49. The van der Waals surface area contributed by atoms with Crippen LogP contribution in [-0.4, -0.2) is 0 Å². The molecule has 0 aliphatic heterocycles. The van der Waals surface area contributed by atoms with Crippen molar-refractivity contribution in [3.8, 4) is 0 Å². The Hall–Kier alpha value is -2.11. The van der Waals surface area contributed by atoms with Gasteiger partial charge in [-0.15, -0.1) is 0 Å². The van der Waals surface area contributed by atoms with Gasteiger partial charge in [-0.25, -0.2) is 12.1 Å². The van der Waals surface area contributed by atoms with E-state index in [0.717, 1.165) is 0 Å². The minimum absolute atomic E-state index is 0. The fraction of sp³-hybridized carbons (Fsp3) is 0.0417. The van der Waals surface area contributed by atoms with E-state index >= 15 is 0 Å². The average molecular weight is 402 g/mol.